The molecule has 17 heavy (non-hydrogen) atoms. The molecule has 0 aliphatic carbocycles. The summed E-state index contributed by atoms with van der Waals surface area (Å²) in [7, 11) is 0. The number of nitrogens with one attached hydrogen (secondary N) is 1. The van der Waals surface area contributed by atoms with E-state index in [9.17, 15) is 9.59 Å². The third kappa shape index (κ3) is 2.81. The Morgan fingerprint density at radius 2 is 2.06 bits per heavy atom. The van der Waals surface area contributed by atoms with Crippen LogP contribution in [0.1, 0.15) is 15.9 Å². The average Bonchev–Trinajstić information content (AvgIpc) is 2.29. The largest absolute Gasteiger partial charge is 0.430 e. The normalized spacial score (nSPS) is 9.94. The zero-order valence-corrected chi connectivity index (χ0v) is 9.27. The number of carbonyl (C=O) groups excluding carboxylic acids is 1. The summed E-state index contributed by atoms with van der Waals surface area (Å²) in [6.07, 6.45) is 1.15. The lowest BCUT2D eigenvalue weighted by molar-refractivity contribution is 0.102. The molecule has 0 saturated carbocycles. The number of anilines is 1. The predicted octanol–water partition coefficient (Wildman–Crippen LogP) is 2.20. The zero-order chi connectivity index (χ0) is 12.3. The van der Waals surface area contributed by atoms with Gasteiger partial charge in [0.05, 0.1) is 5.56 Å². The summed E-state index contributed by atoms with van der Waals surface area (Å²) in [6.45, 7) is 1.94. The minimum atomic E-state index is -0.475. The van der Waals surface area contributed by atoms with E-state index >= 15 is 0 Å². The first-order valence-electron chi connectivity index (χ1n) is 5.12. The van der Waals surface area contributed by atoms with Gasteiger partial charge in [-0.2, -0.15) is 0 Å². The van der Waals surface area contributed by atoms with Crippen LogP contribution in [-0.4, -0.2) is 5.91 Å². The number of carbonyl (C=O) groups is 1. The molecule has 1 amide bonds. The first-order chi connectivity index (χ1) is 8.15. The molecule has 2 rings (SSSR count). The molecule has 0 aliphatic heterocycles. The van der Waals surface area contributed by atoms with Gasteiger partial charge in [-0.05, 0) is 30.7 Å². The van der Waals surface area contributed by atoms with Crippen LogP contribution in [0.25, 0.3) is 0 Å². The Bertz CT molecular complexity index is 581. The summed E-state index contributed by atoms with van der Waals surface area (Å²) in [4.78, 5) is 22.5. The van der Waals surface area contributed by atoms with Gasteiger partial charge in [0, 0.05) is 11.8 Å². The van der Waals surface area contributed by atoms with Crippen molar-refractivity contribution in [2.24, 2.45) is 0 Å². The van der Waals surface area contributed by atoms with E-state index in [-0.39, 0.29) is 5.91 Å². The fourth-order valence-corrected chi connectivity index (χ4v) is 1.41. The van der Waals surface area contributed by atoms with Gasteiger partial charge in [0.1, 0.15) is 6.26 Å². The molecule has 1 aromatic heterocycles. The van der Waals surface area contributed by atoms with Crippen molar-refractivity contribution in [3.63, 3.8) is 0 Å². The van der Waals surface area contributed by atoms with Crippen LogP contribution in [0.2, 0.25) is 0 Å². The van der Waals surface area contributed by atoms with Crippen LogP contribution in [0.15, 0.2) is 51.9 Å². The van der Waals surface area contributed by atoms with Crippen molar-refractivity contribution >= 4 is 11.6 Å². The van der Waals surface area contributed by atoms with E-state index in [2.05, 4.69) is 9.73 Å². The van der Waals surface area contributed by atoms with E-state index in [1.165, 1.54) is 12.1 Å². The molecule has 1 N–H and O–H groups in total. The molecule has 0 bridgehead atoms. The summed E-state index contributed by atoms with van der Waals surface area (Å²) in [5.74, 6) is -0.306. The Hall–Kier alpha value is -2.36. The third-order valence-corrected chi connectivity index (χ3v) is 2.24. The summed E-state index contributed by atoms with van der Waals surface area (Å²) >= 11 is 0. The minimum Gasteiger partial charge on any atom is -0.430 e. The third-order valence-electron chi connectivity index (χ3n) is 2.24. The smallest absolute Gasteiger partial charge is 0.335 e. The fourth-order valence-electron chi connectivity index (χ4n) is 1.41. The molecule has 1 heterocycles. The van der Waals surface area contributed by atoms with Crippen LogP contribution < -0.4 is 10.9 Å². The van der Waals surface area contributed by atoms with Gasteiger partial charge in [0.15, 0.2) is 0 Å². The number of hydrogen-bond donors (Lipinski definition) is 1. The quantitative estimate of drug-likeness (QED) is 0.858. The number of rotatable bonds is 2. The van der Waals surface area contributed by atoms with Crippen LogP contribution in [0.5, 0.6) is 0 Å². The molecule has 0 fully saturated rings. The standard InChI is InChI=1S/C13H11NO3/c1-9-3-2-4-11(7-9)14-13(16)10-5-6-12(15)17-8-10/h2-8H,1H3,(H,14,16). The molecule has 0 atom stereocenters. The van der Waals surface area contributed by atoms with Gasteiger partial charge < -0.3 is 9.73 Å². The van der Waals surface area contributed by atoms with Crippen LogP contribution in [0, 0.1) is 6.92 Å². The fraction of sp³-hybridized carbons (Fsp3) is 0.0769. The van der Waals surface area contributed by atoms with Gasteiger partial charge in [0.2, 0.25) is 0 Å². The maximum atomic E-state index is 11.8. The highest BCUT2D eigenvalue weighted by Gasteiger charge is 2.06. The second kappa shape index (κ2) is 4.65. The van der Waals surface area contributed by atoms with E-state index in [0.29, 0.717) is 11.3 Å². The SMILES string of the molecule is Cc1cccc(NC(=O)c2ccc(=O)oc2)c1. The first-order valence-corrected chi connectivity index (χ1v) is 5.12. The molecular formula is C13H11NO3. The van der Waals surface area contributed by atoms with Crippen molar-refractivity contribution in [1.82, 2.24) is 0 Å². The minimum absolute atomic E-state index is 0.306. The highest BCUT2D eigenvalue weighted by Crippen LogP contribution is 2.10. The van der Waals surface area contributed by atoms with Gasteiger partial charge in [-0.1, -0.05) is 12.1 Å². The van der Waals surface area contributed by atoms with E-state index in [1.54, 1.807) is 6.07 Å². The molecule has 0 saturated heterocycles. The van der Waals surface area contributed by atoms with E-state index in [1.807, 2.05) is 25.1 Å². The lowest BCUT2D eigenvalue weighted by atomic mass is 10.2. The predicted molar refractivity (Wildman–Crippen MR) is 64.1 cm³/mol. The van der Waals surface area contributed by atoms with Crippen molar-refractivity contribution < 1.29 is 9.21 Å². The Kier molecular flexibility index (Phi) is 3.05. The second-order valence-electron chi connectivity index (χ2n) is 3.67. The topological polar surface area (TPSA) is 59.3 Å². The van der Waals surface area contributed by atoms with Crippen molar-refractivity contribution in [2.45, 2.75) is 6.92 Å². The van der Waals surface area contributed by atoms with Crippen LogP contribution >= 0.6 is 0 Å². The molecule has 0 spiro atoms. The molecular weight excluding hydrogens is 218 g/mol. The van der Waals surface area contributed by atoms with Gasteiger partial charge >= 0.3 is 5.63 Å². The molecule has 0 aliphatic rings. The summed E-state index contributed by atoms with van der Waals surface area (Å²) in [6, 6.07) is 10.1. The molecule has 0 radical (unpaired) electrons. The Morgan fingerprint density at radius 1 is 1.24 bits per heavy atom. The van der Waals surface area contributed by atoms with Gasteiger partial charge in [-0.25, -0.2) is 4.79 Å². The number of amides is 1. The van der Waals surface area contributed by atoms with Gasteiger partial charge in [0.25, 0.3) is 5.91 Å². The van der Waals surface area contributed by atoms with Crippen molar-refractivity contribution in [3.05, 3.63) is 64.2 Å². The highest BCUT2D eigenvalue weighted by molar-refractivity contribution is 6.03. The van der Waals surface area contributed by atoms with Crippen LogP contribution in [-0.2, 0) is 0 Å². The van der Waals surface area contributed by atoms with Crippen molar-refractivity contribution in [3.8, 4) is 0 Å². The van der Waals surface area contributed by atoms with Gasteiger partial charge in [-0.15, -0.1) is 0 Å². The number of aryl methyl sites for hydroxylation is 1. The van der Waals surface area contributed by atoms with Crippen molar-refractivity contribution in [2.75, 3.05) is 5.32 Å². The number of benzene rings is 1. The maximum absolute atomic E-state index is 11.8. The van der Waals surface area contributed by atoms with Crippen molar-refractivity contribution in [1.29, 1.82) is 0 Å². The van der Waals surface area contributed by atoms with E-state index < -0.39 is 5.63 Å². The number of hydrogen-bond acceptors (Lipinski definition) is 3. The molecule has 4 nitrogen and oxygen atoms in total. The second-order valence-corrected chi connectivity index (χ2v) is 3.67. The monoisotopic (exact) mass is 229 g/mol. The Labute approximate surface area is 97.9 Å². The van der Waals surface area contributed by atoms with Gasteiger partial charge in [-0.3, -0.25) is 4.79 Å². The average molecular weight is 229 g/mol. The molecule has 4 heteroatoms. The molecule has 1 aromatic carbocycles. The molecule has 0 unspecified atom stereocenters. The highest BCUT2D eigenvalue weighted by atomic mass is 16.4. The lowest BCUT2D eigenvalue weighted by Crippen LogP contribution is -2.12. The summed E-state index contributed by atoms with van der Waals surface area (Å²) in [5, 5.41) is 2.72. The Balaban J connectivity index is 2.17. The first kappa shape index (κ1) is 11.1. The maximum Gasteiger partial charge on any atom is 0.335 e. The summed E-state index contributed by atoms with van der Waals surface area (Å²) in [5.41, 5.74) is 1.60. The Morgan fingerprint density at radius 3 is 2.71 bits per heavy atom. The van der Waals surface area contributed by atoms with Crippen LogP contribution in [0.3, 0.4) is 0 Å². The lowest BCUT2D eigenvalue weighted by Gasteiger charge is -2.04. The van der Waals surface area contributed by atoms with E-state index in [0.717, 1.165) is 11.8 Å². The zero-order valence-electron chi connectivity index (χ0n) is 9.27. The van der Waals surface area contributed by atoms with Crippen LogP contribution in [0.4, 0.5) is 5.69 Å². The molecule has 2 aromatic rings. The molecule has 86 valence electrons. The van der Waals surface area contributed by atoms with E-state index in [4.69, 9.17) is 0 Å². The summed E-state index contributed by atoms with van der Waals surface area (Å²) < 4.78 is 4.62.